The van der Waals surface area contributed by atoms with Crippen LogP contribution in [0, 0.1) is 17.8 Å². The zero-order chi connectivity index (χ0) is 14.3. The molecule has 0 spiro atoms. The van der Waals surface area contributed by atoms with Crippen molar-refractivity contribution in [1.29, 1.82) is 0 Å². The zero-order valence-corrected chi connectivity index (χ0v) is 11.7. The van der Waals surface area contributed by atoms with Gasteiger partial charge in [-0.3, -0.25) is 4.79 Å². The number of carbonyl (C=O) groups is 1. The van der Waals surface area contributed by atoms with Crippen molar-refractivity contribution < 1.29 is 17.1 Å². The molecule has 2 fully saturated rings. The quantitative estimate of drug-likeness (QED) is 0.873. The Balaban J connectivity index is 1.77. The van der Waals surface area contributed by atoms with E-state index in [0.29, 0.717) is 11.8 Å². The van der Waals surface area contributed by atoms with Crippen molar-refractivity contribution in [2.24, 2.45) is 17.8 Å². The van der Waals surface area contributed by atoms with Crippen molar-refractivity contribution in [3.63, 3.8) is 0 Å². The largest absolute Gasteiger partial charge is 0.334 e. The van der Waals surface area contributed by atoms with E-state index in [1.807, 2.05) is 0 Å². The molecule has 4 nitrogen and oxygen atoms in total. The zero-order valence-electron chi connectivity index (χ0n) is 10.9. The third-order valence-corrected chi connectivity index (χ3v) is 5.25. The summed E-state index contributed by atoms with van der Waals surface area (Å²) in [6.45, 7) is 0. The minimum Gasteiger partial charge on any atom is -0.325 e. The van der Waals surface area contributed by atoms with Gasteiger partial charge in [0.2, 0.25) is 5.91 Å². The standard InChI is InChI=1S/C14H16FNO3S/c15-20(18,19)12-8-4-3-7-11(12)16-14(17)13-9-5-1-2-6-10(9)13/h3-4,7-10,13H,1-2,5-6H2,(H,16,17). The van der Waals surface area contributed by atoms with Crippen LogP contribution >= 0.6 is 0 Å². The fraction of sp³-hybridized carbons (Fsp3) is 0.500. The van der Waals surface area contributed by atoms with Crippen LogP contribution in [0.5, 0.6) is 0 Å². The van der Waals surface area contributed by atoms with Crippen molar-refractivity contribution in [3.8, 4) is 0 Å². The van der Waals surface area contributed by atoms with Crippen molar-refractivity contribution in [2.45, 2.75) is 30.6 Å². The summed E-state index contributed by atoms with van der Waals surface area (Å²) < 4.78 is 35.3. The molecule has 2 aliphatic carbocycles. The van der Waals surface area contributed by atoms with Crippen molar-refractivity contribution in [2.75, 3.05) is 5.32 Å². The normalized spacial score (nSPS) is 28.6. The first kappa shape index (κ1) is 13.5. The summed E-state index contributed by atoms with van der Waals surface area (Å²) in [5.74, 6) is 0.640. The summed E-state index contributed by atoms with van der Waals surface area (Å²) in [6.07, 6.45) is 4.43. The molecule has 108 valence electrons. The van der Waals surface area contributed by atoms with Gasteiger partial charge in [-0.1, -0.05) is 25.0 Å². The van der Waals surface area contributed by atoms with Gasteiger partial charge in [0.25, 0.3) is 0 Å². The molecule has 0 aliphatic heterocycles. The van der Waals surface area contributed by atoms with Gasteiger partial charge in [-0.15, -0.1) is 3.89 Å². The predicted octanol–water partition coefficient (Wildman–Crippen LogP) is 2.72. The number of hydrogen-bond donors (Lipinski definition) is 1. The molecule has 3 rings (SSSR count). The van der Waals surface area contributed by atoms with Crippen LogP contribution in [0.1, 0.15) is 25.7 Å². The van der Waals surface area contributed by atoms with Gasteiger partial charge in [-0.25, -0.2) is 0 Å². The number of rotatable bonds is 3. The Morgan fingerprint density at radius 1 is 1.15 bits per heavy atom. The van der Waals surface area contributed by atoms with E-state index >= 15 is 0 Å². The van der Waals surface area contributed by atoms with Crippen LogP contribution in [0.2, 0.25) is 0 Å². The maximum Gasteiger partial charge on any atom is 0.334 e. The lowest BCUT2D eigenvalue weighted by Gasteiger charge is -2.08. The SMILES string of the molecule is O=C(Nc1ccccc1S(=O)(=O)F)C1C2CCCCC21. The van der Waals surface area contributed by atoms with E-state index in [9.17, 15) is 17.1 Å². The van der Waals surface area contributed by atoms with Crippen LogP contribution in [-0.4, -0.2) is 14.3 Å². The molecule has 1 aromatic rings. The Labute approximate surface area is 117 Å². The molecule has 0 saturated heterocycles. The molecule has 20 heavy (non-hydrogen) atoms. The predicted molar refractivity (Wildman–Crippen MR) is 72.3 cm³/mol. The summed E-state index contributed by atoms with van der Waals surface area (Å²) >= 11 is 0. The average molecular weight is 297 g/mol. The maximum atomic E-state index is 13.2. The average Bonchev–Trinajstić information content (AvgIpc) is 3.12. The van der Waals surface area contributed by atoms with Crippen molar-refractivity contribution in [1.82, 2.24) is 0 Å². The second-order valence-corrected chi connectivity index (χ2v) is 6.88. The number of nitrogens with one attached hydrogen (secondary N) is 1. The van der Waals surface area contributed by atoms with Crippen LogP contribution in [-0.2, 0) is 15.0 Å². The summed E-state index contributed by atoms with van der Waals surface area (Å²) in [7, 11) is -4.82. The molecule has 2 saturated carbocycles. The van der Waals surface area contributed by atoms with E-state index in [2.05, 4.69) is 5.32 Å². The first-order valence-corrected chi connectivity index (χ1v) is 8.21. The molecule has 0 aromatic heterocycles. The molecule has 1 amide bonds. The third kappa shape index (κ3) is 2.44. The topological polar surface area (TPSA) is 63.2 Å². The Morgan fingerprint density at radius 3 is 2.35 bits per heavy atom. The molecule has 1 N–H and O–H groups in total. The highest BCUT2D eigenvalue weighted by Crippen LogP contribution is 2.55. The van der Waals surface area contributed by atoms with Gasteiger partial charge < -0.3 is 5.32 Å². The maximum absolute atomic E-state index is 13.2. The summed E-state index contributed by atoms with van der Waals surface area (Å²) in [6, 6.07) is 5.57. The smallest absolute Gasteiger partial charge is 0.325 e. The molecule has 0 radical (unpaired) electrons. The highest BCUT2D eigenvalue weighted by molar-refractivity contribution is 7.86. The number of para-hydroxylation sites is 1. The minimum atomic E-state index is -4.82. The Kier molecular flexibility index (Phi) is 3.28. The van der Waals surface area contributed by atoms with Gasteiger partial charge in [-0.05, 0) is 36.8 Å². The highest BCUT2D eigenvalue weighted by Gasteiger charge is 2.54. The molecular weight excluding hydrogens is 281 g/mol. The molecule has 2 unspecified atom stereocenters. The molecule has 1 aromatic carbocycles. The number of carbonyl (C=O) groups excluding carboxylic acids is 1. The number of anilines is 1. The number of benzene rings is 1. The fourth-order valence-electron chi connectivity index (χ4n) is 3.38. The van der Waals surface area contributed by atoms with Gasteiger partial charge >= 0.3 is 10.2 Å². The number of hydrogen-bond acceptors (Lipinski definition) is 3. The molecule has 0 heterocycles. The Hall–Kier alpha value is -1.43. The van der Waals surface area contributed by atoms with Gasteiger partial charge in [0.15, 0.2) is 0 Å². The lowest BCUT2D eigenvalue weighted by molar-refractivity contribution is -0.117. The van der Waals surface area contributed by atoms with Crippen LogP contribution in [0.3, 0.4) is 0 Å². The van der Waals surface area contributed by atoms with Crippen molar-refractivity contribution in [3.05, 3.63) is 24.3 Å². The molecule has 0 bridgehead atoms. The van der Waals surface area contributed by atoms with E-state index in [1.165, 1.54) is 12.1 Å². The van der Waals surface area contributed by atoms with Crippen LogP contribution in [0.25, 0.3) is 0 Å². The van der Waals surface area contributed by atoms with Crippen LogP contribution in [0.15, 0.2) is 29.2 Å². The number of amides is 1. The number of halogens is 1. The van der Waals surface area contributed by atoms with Crippen LogP contribution < -0.4 is 5.32 Å². The first-order chi connectivity index (χ1) is 9.48. The molecular formula is C14H16FNO3S. The second-order valence-electron chi connectivity index (χ2n) is 5.56. The molecule has 2 aliphatic rings. The lowest BCUT2D eigenvalue weighted by atomic mass is 10.0. The van der Waals surface area contributed by atoms with Crippen LogP contribution in [0.4, 0.5) is 9.57 Å². The number of fused-ring (bicyclic) bond motifs is 1. The summed E-state index contributed by atoms with van der Waals surface area (Å²) in [5.41, 5.74) is 0.0312. The highest BCUT2D eigenvalue weighted by atomic mass is 32.3. The summed E-state index contributed by atoms with van der Waals surface area (Å²) in [4.78, 5) is 11.7. The molecule has 6 heteroatoms. The van der Waals surface area contributed by atoms with Gasteiger partial charge in [-0.2, -0.15) is 8.42 Å². The van der Waals surface area contributed by atoms with Gasteiger partial charge in [0.1, 0.15) is 4.90 Å². The van der Waals surface area contributed by atoms with Gasteiger partial charge in [0.05, 0.1) is 5.69 Å². The van der Waals surface area contributed by atoms with E-state index in [0.717, 1.165) is 31.7 Å². The second kappa shape index (κ2) is 4.84. The van der Waals surface area contributed by atoms with E-state index in [4.69, 9.17) is 0 Å². The van der Waals surface area contributed by atoms with E-state index in [1.54, 1.807) is 6.07 Å². The lowest BCUT2D eigenvalue weighted by Crippen LogP contribution is -2.17. The summed E-state index contributed by atoms with van der Waals surface area (Å²) in [5, 5.41) is 2.58. The van der Waals surface area contributed by atoms with E-state index in [-0.39, 0.29) is 17.5 Å². The van der Waals surface area contributed by atoms with Crippen molar-refractivity contribution >= 4 is 21.8 Å². The van der Waals surface area contributed by atoms with Gasteiger partial charge in [0, 0.05) is 5.92 Å². The Bertz CT molecular complexity index is 632. The minimum absolute atomic E-state index is 0.0312. The monoisotopic (exact) mass is 297 g/mol. The molecule has 2 atom stereocenters. The fourth-order valence-corrected chi connectivity index (χ4v) is 4.00. The first-order valence-electron chi connectivity index (χ1n) is 6.83. The van der Waals surface area contributed by atoms with E-state index < -0.39 is 15.1 Å². The Morgan fingerprint density at radius 2 is 1.75 bits per heavy atom. The third-order valence-electron chi connectivity index (χ3n) is 4.37.